The second-order valence-electron chi connectivity index (χ2n) is 3.74. The molecule has 0 aliphatic heterocycles. The van der Waals surface area contributed by atoms with Gasteiger partial charge in [0.2, 0.25) is 0 Å². The highest BCUT2D eigenvalue weighted by Crippen LogP contribution is 2.25. The van der Waals surface area contributed by atoms with Crippen LogP contribution in [-0.2, 0) is 6.42 Å². The number of para-hydroxylation sites is 1. The SMILES string of the molecule is Cc1c(CC(O)CN)oc2ccccc12. The minimum atomic E-state index is -0.524. The van der Waals surface area contributed by atoms with E-state index in [-0.39, 0.29) is 6.54 Å². The lowest BCUT2D eigenvalue weighted by Crippen LogP contribution is -2.21. The minimum absolute atomic E-state index is 0.260. The van der Waals surface area contributed by atoms with Crippen molar-refractivity contribution in [1.29, 1.82) is 0 Å². The van der Waals surface area contributed by atoms with Gasteiger partial charge in [0.25, 0.3) is 0 Å². The standard InChI is InChI=1S/C12H15NO2/c1-8-10-4-2-3-5-11(10)15-12(8)6-9(14)7-13/h2-5,9,14H,6-7,13H2,1H3. The third-order valence-corrected chi connectivity index (χ3v) is 2.64. The molecule has 0 aliphatic carbocycles. The fraction of sp³-hybridized carbons (Fsp3) is 0.333. The van der Waals surface area contributed by atoms with Crippen LogP contribution in [0.2, 0.25) is 0 Å². The van der Waals surface area contributed by atoms with E-state index in [1.54, 1.807) is 0 Å². The quantitative estimate of drug-likeness (QED) is 0.800. The fourth-order valence-electron chi connectivity index (χ4n) is 1.72. The van der Waals surface area contributed by atoms with Crippen LogP contribution in [0.5, 0.6) is 0 Å². The maximum Gasteiger partial charge on any atom is 0.134 e. The normalized spacial score (nSPS) is 13.3. The lowest BCUT2D eigenvalue weighted by Gasteiger charge is -2.04. The van der Waals surface area contributed by atoms with E-state index in [4.69, 9.17) is 10.2 Å². The molecule has 0 spiro atoms. The summed E-state index contributed by atoms with van der Waals surface area (Å²) in [6.45, 7) is 2.26. The van der Waals surface area contributed by atoms with Crippen LogP contribution in [0.4, 0.5) is 0 Å². The molecule has 3 nitrogen and oxygen atoms in total. The molecule has 80 valence electrons. The van der Waals surface area contributed by atoms with Crippen molar-refractivity contribution in [1.82, 2.24) is 0 Å². The summed E-state index contributed by atoms with van der Waals surface area (Å²) in [5.41, 5.74) is 7.34. The average Bonchev–Trinajstić information content (AvgIpc) is 2.57. The second-order valence-corrected chi connectivity index (χ2v) is 3.74. The molecule has 3 heteroatoms. The Morgan fingerprint density at radius 3 is 2.80 bits per heavy atom. The highest BCUT2D eigenvalue weighted by atomic mass is 16.3. The van der Waals surface area contributed by atoms with Crippen LogP contribution in [0.1, 0.15) is 11.3 Å². The number of hydrogen-bond acceptors (Lipinski definition) is 3. The third kappa shape index (κ3) is 1.89. The van der Waals surface area contributed by atoms with E-state index in [0.29, 0.717) is 6.42 Å². The summed E-state index contributed by atoms with van der Waals surface area (Å²) >= 11 is 0. The molecule has 1 aromatic carbocycles. The molecule has 0 radical (unpaired) electrons. The molecule has 0 fully saturated rings. The Bertz CT molecular complexity index is 462. The summed E-state index contributed by atoms with van der Waals surface area (Å²) in [7, 11) is 0. The van der Waals surface area contributed by atoms with Crippen LogP contribution in [0.25, 0.3) is 11.0 Å². The first-order valence-electron chi connectivity index (χ1n) is 5.07. The van der Waals surface area contributed by atoms with Gasteiger partial charge in [0.05, 0.1) is 6.10 Å². The van der Waals surface area contributed by atoms with Gasteiger partial charge in [0.15, 0.2) is 0 Å². The van der Waals surface area contributed by atoms with Gasteiger partial charge in [0.1, 0.15) is 11.3 Å². The van der Waals surface area contributed by atoms with Crippen LogP contribution in [0, 0.1) is 6.92 Å². The van der Waals surface area contributed by atoms with E-state index < -0.39 is 6.10 Å². The number of hydrogen-bond donors (Lipinski definition) is 2. The Hall–Kier alpha value is -1.32. The first-order chi connectivity index (χ1) is 7.22. The molecule has 2 aromatic rings. The van der Waals surface area contributed by atoms with Gasteiger partial charge in [-0.2, -0.15) is 0 Å². The second kappa shape index (κ2) is 4.04. The maximum absolute atomic E-state index is 9.48. The van der Waals surface area contributed by atoms with Gasteiger partial charge < -0.3 is 15.3 Å². The van der Waals surface area contributed by atoms with E-state index in [2.05, 4.69) is 0 Å². The molecule has 0 bridgehead atoms. The Morgan fingerprint density at radius 1 is 1.40 bits per heavy atom. The first-order valence-corrected chi connectivity index (χ1v) is 5.07. The van der Waals surface area contributed by atoms with Gasteiger partial charge in [0, 0.05) is 18.4 Å². The highest BCUT2D eigenvalue weighted by molar-refractivity contribution is 5.81. The number of aliphatic hydroxyl groups is 1. The number of aliphatic hydroxyl groups excluding tert-OH is 1. The fourth-order valence-corrected chi connectivity index (χ4v) is 1.72. The molecule has 1 unspecified atom stereocenters. The van der Waals surface area contributed by atoms with Crippen molar-refractivity contribution in [2.75, 3.05) is 6.54 Å². The predicted octanol–water partition coefficient (Wildman–Crippen LogP) is 1.60. The number of furan rings is 1. The van der Waals surface area contributed by atoms with Crippen molar-refractivity contribution in [3.05, 3.63) is 35.6 Å². The summed E-state index contributed by atoms with van der Waals surface area (Å²) in [4.78, 5) is 0. The van der Waals surface area contributed by atoms with Crippen molar-refractivity contribution >= 4 is 11.0 Å². The van der Waals surface area contributed by atoms with Crippen LogP contribution < -0.4 is 5.73 Å². The van der Waals surface area contributed by atoms with Crippen molar-refractivity contribution in [2.45, 2.75) is 19.4 Å². The zero-order valence-corrected chi connectivity index (χ0v) is 8.73. The van der Waals surface area contributed by atoms with Crippen molar-refractivity contribution in [2.24, 2.45) is 5.73 Å². The maximum atomic E-state index is 9.48. The van der Waals surface area contributed by atoms with Gasteiger partial charge in [-0.25, -0.2) is 0 Å². The van der Waals surface area contributed by atoms with E-state index in [1.807, 2.05) is 31.2 Å². The van der Waals surface area contributed by atoms with E-state index in [9.17, 15) is 5.11 Å². The number of nitrogens with two attached hydrogens (primary N) is 1. The number of rotatable bonds is 3. The molecule has 2 rings (SSSR count). The Morgan fingerprint density at radius 2 is 2.13 bits per heavy atom. The topological polar surface area (TPSA) is 59.4 Å². The lowest BCUT2D eigenvalue weighted by molar-refractivity contribution is 0.176. The first kappa shape index (κ1) is 10.2. The molecule has 1 heterocycles. The summed E-state index contributed by atoms with van der Waals surface area (Å²) < 4.78 is 5.66. The molecule has 0 saturated carbocycles. The molecule has 3 N–H and O–H groups in total. The Balaban J connectivity index is 2.40. The van der Waals surface area contributed by atoms with Gasteiger partial charge in [-0.3, -0.25) is 0 Å². The van der Waals surface area contributed by atoms with E-state index in [1.165, 1.54) is 0 Å². The van der Waals surface area contributed by atoms with Crippen LogP contribution in [0.3, 0.4) is 0 Å². The van der Waals surface area contributed by atoms with Gasteiger partial charge in [-0.05, 0) is 18.6 Å². The summed E-state index contributed by atoms with van der Waals surface area (Å²) in [6, 6.07) is 7.87. The largest absolute Gasteiger partial charge is 0.461 e. The van der Waals surface area contributed by atoms with Crippen LogP contribution in [-0.4, -0.2) is 17.8 Å². The summed E-state index contributed by atoms with van der Waals surface area (Å²) in [5.74, 6) is 0.828. The summed E-state index contributed by atoms with van der Waals surface area (Å²) in [5, 5.41) is 10.6. The van der Waals surface area contributed by atoms with Crippen molar-refractivity contribution in [3.8, 4) is 0 Å². The average molecular weight is 205 g/mol. The minimum Gasteiger partial charge on any atom is -0.461 e. The molecule has 0 amide bonds. The molecule has 15 heavy (non-hydrogen) atoms. The van der Waals surface area contributed by atoms with Gasteiger partial charge >= 0.3 is 0 Å². The molecular formula is C12H15NO2. The zero-order valence-electron chi connectivity index (χ0n) is 8.73. The monoisotopic (exact) mass is 205 g/mol. The number of fused-ring (bicyclic) bond motifs is 1. The molecule has 1 atom stereocenters. The van der Waals surface area contributed by atoms with E-state index in [0.717, 1.165) is 22.3 Å². The van der Waals surface area contributed by atoms with Crippen molar-refractivity contribution < 1.29 is 9.52 Å². The van der Waals surface area contributed by atoms with Crippen LogP contribution in [0.15, 0.2) is 28.7 Å². The van der Waals surface area contributed by atoms with Crippen LogP contribution >= 0.6 is 0 Å². The van der Waals surface area contributed by atoms with Gasteiger partial charge in [-0.1, -0.05) is 18.2 Å². The molecule has 0 saturated heterocycles. The lowest BCUT2D eigenvalue weighted by atomic mass is 10.1. The molecular weight excluding hydrogens is 190 g/mol. The summed E-state index contributed by atoms with van der Waals surface area (Å²) in [6.07, 6.45) is -0.0407. The highest BCUT2D eigenvalue weighted by Gasteiger charge is 2.12. The molecule has 0 aliphatic rings. The Kier molecular flexibility index (Phi) is 2.75. The predicted molar refractivity (Wildman–Crippen MR) is 59.7 cm³/mol. The smallest absolute Gasteiger partial charge is 0.134 e. The van der Waals surface area contributed by atoms with Crippen molar-refractivity contribution in [3.63, 3.8) is 0 Å². The zero-order chi connectivity index (χ0) is 10.8. The van der Waals surface area contributed by atoms with Gasteiger partial charge in [-0.15, -0.1) is 0 Å². The Labute approximate surface area is 88.5 Å². The van der Waals surface area contributed by atoms with E-state index >= 15 is 0 Å². The third-order valence-electron chi connectivity index (χ3n) is 2.64. The number of aryl methyl sites for hydroxylation is 1. The molecule has 1 aromatic heterocycles. The number of benzene rings is 1.